The van der Waals surface area contributed by atoms with Gasteiger partial charge in [-0.3, -0.25) is 9.78 Å². The summed E-state index contributed by atoms with van der Waals surface area (Å²) in [5.74, 6) is 0.790. The smallest absolute Gasteiger partial charge is 0.266 e. The molecule has 0 radical (unpaired) electrons. The van der Waals surface area contributed by atoms with Crippen LogP contribution in [0.2, 0.25) is 0 Å². The molecule has 3 rings (SSSR count). The summed E-state index contributed by atoms with van der Waals surface area (Å²) in [6.45, 7) is 2.80. The van der Waals surface area contributed by atoms with Crippen LogP contribution < -0.4 is 14.8 Å². The zero-order valence-corrected chi connectivity index (χ0v) is 16.5. The third kappa shape index (κ3) is 5.69. The van der Waals surface area contributed by atoms with Gasteiger partial charge in [0.1, 0.15) is 29.7 Å². The molecule has 0 aliphatic heterocycles. The van der Waals surface area contributed by atoms with Crippen LogP contribution in [0.15, 0.2) is 78.6 Å². The van der Waals surface area contributed by atoms with Crippen molar-refractivity contribution in [1.29, 1.82) is 5.26 Å². The summed E-state index contributed by atoms with van der Waals surface area (Å²) in [4.78, 5) is 16.6. The molecule has 6 nitrogen and oxygen atoms in total. The standard InChI is InChI=1S/C24H21N3O3/c1-2-29-22-11-9-21(10-12-22)27-24(28)20(15-25)14-19-7-3-4-8-23(19)30-17-18-6-5-13-26-16-18/h3-14,16H,2,17H2,1H3,(H,27,28)/b20-14+. The van der Waals surface area contributed by atoms with Gasteiger partial charge in [0.05, 0.1) is 6.61 Å². The summed E-state index contributed by atoms with van der Waals surface area (Å²) >= 11 is 0. The van der Waals surface area contributed by atoms with Crippen molar-refractivity contribution in [3.8, 4) is 17.6 Å². The van der Waals surface area contributed by atoms with Crippen molar-refractivity contribution in [2.24, 2.45) is 0 Å². The van der Waals surface area contributed by atoms with Crippen molar-refractivity contribution in [3.63, 3.8) is 0 Å². The van der Waals surface area contributed by atoms with Crippen molar-refractivity contribution in [3.05, 3.63) is 89.8 Å². The zero-order chi connectivity index (χ0) is 21.2. The third-order valence-corrected chi connectivity index (χ3v) is 4.12. The van der Waals surface area contributed by atoms with Crippen LogP contribution in [0.4, 0.5) is 5.69 Å². The summed E-state index contributed by atoms with van der Waals surface area (Å²) in [5.41, 5.74) is 2.11. The molecule has 0 aliphatic carbocycles. The highest BCUT2D eigenvalue weighted by Crippen LogP contribution is 2.23. The second-order valence-corrected chi connectivity index (χ2v) is 6.27. The molecule has 0 atom stereocenters. The number of amides is 1. The summed E-state index contributed by atoms with van der Waals surface area (Å²) in [6.07, 6.45) is 4.94. The summed E-state index contributed by atoms with van der Waals surface area (Å²) in [7, 11) is 0. The van der Waals surface area contributed by atoms with E-state index in [1.165, 1.54) is 6.08 Å². The number of ether oxygens (including phenoxy) is 2. The lowest BCUT2D eigenvalue weighted by molar-refractivity contribution is -0.112. The van der Waals surface area contributed by atoms with Crippen LogP contribution >= 0.6 is 0 Å². The number of rotatable bonds is 8. The normalized spacial score (nSPS) is 10.7. The highest BCUT2D eigenvalue weighted by molar-refractivity contribution is 6.09. The lowest BCUT2D eigenvalue weighted by atomic mass is 10.1. The fourth-order valence-corrected chi connectivity index (χ4v) is 2.68. The van der Waals surface area contributed by atoms with E-state index in [4.69, 9.17) is 9.47 Å². The zero-order valence-electron chi connectivity index (χ0n) is 16.5. The predicted molar refractivity (Wildman–Crippen MR) is 115 cm³/mol. The van der Waals surface area contributed by atoms with Gasteiger partial charge in [-0.1, -0.05) is 24.3 Å². The first-order chi connectivity index (χ1) is 14.7. The molecule has 0 bridgehead atoms. The second kappa shape index (κ2) is 10.4. The van der Waals surface area contributed by atoms with Gasteiger partial charge in [-0.2, -0.15) is 5.26 Å². The molecule has 0 spiro atoms. The molecule has 0 unspecified atom stereocenters. The predicted octanol–water partition coefficient (Wildman–Crippen LogP) is 4.60. The number of pyridine rings is 1. The number of hydrogen-bond acceptors (Lipinski definition) is 5. The number of carbonyl (C=O) groups is 1. The van der Waals surface area contributed by atoms with Crippen LogP contribution in [0.1, 0.15) is 18.1 Å². The van der Waals surface area contributed by atoms with Crippen LogP contribution in [-0.4, -0.2) is 17.5 Å². The first kappa shape index (κ1) is 20.6. The highest BCUT2D eigenvalue weighted by atomic mass is 16.5. The molecule has 2 aromatic carbocycles. The largest absolute Gasteiger partial charge is 0.494 e. The average Bonchev–Trinajstić information content (AvgIpc) is 2.79. The molecular weight excluding hydrogens is 378 g/mol. The van der Waals surface area contributed by atoms with E-state index < -0.39 is 5.91 Å². The Morgan fingerprint density at radius 1 is 1.10 bits per heavy atom. The van der Waals surface area contributed by atoms with Gasteiger partial charge in [0.15, 0.2) is 0 Å². The molecule has 1 aromatic heterocycles. The SMILES string of the molecule is CCOc1ccc(NC(=O)/C(C#N)=C/c2ccccc2OCc2cccnc2)cc1. The summed E-state index contributed by atoms with van der Waals surface area (Å²) in [5, 5.41) is 12.2. The van der Waals surface area contributed by atoms with E-state index >= 15 is 0 Å². The van der Waals surface area contributed by atoms with Crippen molar-refractivity contribution >= 4 is 17.7 Å². The Morgan fingerprint density at radius 3 is 2.60 bits per heavy atom. The van der Waals surface area contributed by atoms with Gasteiger partial charge in [-0.05, 0) is 49.4 Å². The minimum Gasteiger partial charge on any atom is -0.494 e. The molecule has 3 aromatic rings. The molecule has 150 valence electrons. The minimum atomic E-state index is -0.497. The van der Waals surface area contributed by atoms with E-state index in [2.05, 4.69) is 10.3 Å². The van der Waals surface area contributed by atoms with Gasteiger partial charge in [0, 0.05) is 29.2 Å². The molecule has 0 saturated heterocycles. The topological polar surface area (TPSA) is 84.2 Å². The molecule has 1 heterocycles. The maximum Gasteiger partial charge on any atom is 0.266 e. The van der Waals surface area contributed by atoms with Gasteiger partial charge in [0.2, 0.25) is 0 Å². The number of para-hydroxylation sites is 1. The van der Waals surface area contributed by atoms with Crippen molar-refractivity contribution in [1.82, 2.24) is 4.98 Å². The van der Waals surface area contributed by atoms with E-state index in [-0.39, 0.29) is 5.57 Å². The van der Waals surface area contributed by atoms with E-state index in [9.17, 15) is 10.1 Å². The van der Waals surface area contributed by atoms with Crippen LogP contribution in [0.3, 0.4) is 0 Å². The number of nitriles is 1. The fraction of sp³-hybridized carbons (Fsp3) is 0.125. The Bertz CT molecular complexity index is 1060. The van der Waals surface area contributed by atoms with Crippen molar-refractivity contribution in [2.75, 3.05) is 11.9 Å². The van der Waals surface area contributed by atoms with Crippen LogP contribution in [0.5, 0.6) is 11.5 Å². The number of benzene rings is 2. The van der Waals surface area contributed by atoms with Crippen LogP contribution in [0.25, 0.3) is 6.08 Å². The van der Waals surface area contributed by atoms with E-state index in [0.717, 1.165) is 5.56 Å². The first-order valence-corrected chi connectivity index (χ1v) is 9.46. The first-order valence-electron chi connectivity index (χ1n) is 9.46. The van der Waals surface area contributed by atoms with Gasteiger partial charge < -0.3 is 14.8 Å². The Kier molecular flexibility index (Phi) is 7.17. The van der Waals surface area contributed by atoms with E-state index in [1.807, 2.05) is 37.3 Å². The van der Waals surface area contributed by atoms with E-state index in [1.54, 1.807) is 48.8 Å². The molecule has 6 heteroatoms. The number of aromatic nitrogens is 1. The monoisotopic (exact) mass is 399 g/mol. The molecule has 0 aliphatic rings. The lowest BCUT2D eigenvalue weighted by Crippen LogP contribution is -2.13. The van der Waals surface area contributed by atoms with Gasteiger partial charge in [-0.25, -0.2) is 0 Å². The number of nitrogens with zero attached hydrogens (tertiary/aromatic N) is 2. The van der Waals surface area contributed by atoms with Crippen molar-refractivity contribution in [2.45, 2.75) is 13.5 Å². The summed E-state index contributed by atoms with van der Waals surface area (Å²) in [6, 6.07) is 19.9. The maximum atomic E-state index is 12.6. The fourth-order valence-electron chi connectivity index (χ4n) is 2.68. The Balaban J connectivity index is 1.73. The Hall–Kier alpha value is -4.11. The summed E-state index contributed by atoms with van der Waals surface area (Å²) < 4.78 is 11.3. The van der Waals surface area contributed by atoms with Gasteiger partial charge >= 0.3 is 0 Å². The van der Waals surface area contributed by atoms with Gasteiger partial charge in [0.25, 0.3) is 5.91 Å². The maximum absolute atomic E-state index is 12.6. The molecule has 30 heavy (non-hydrogen) atoms. The average molecular weight is 399 g/mol. The number of anilines is 1. The lowest BCUT2D eigenvalue weighted by Gasteiger charge is -2.10. The van der Waals surface area contributed by atoms with Crippen LogP contribution in [-0.2, 0) is 11.4 Å². The molecule has 1 N–H and O–H groups in total. The molecule has 1 amide bonds. The number of hydrogen-bond donors (Lipinski definition) is 1. The van der Waals surface area contributed by atoms with Crippen molar-refractivity contribution < 1.29 is 14.3 Å². The second-order valence-electron chi connectivity index (χ2n) is 6.27. The van der Waals surface area contributed by atoms with Crippen LogP contribution in [0, 0.1) is 11.3 Å². The quantitative estimate of drug-likeness (QED) is 0.442. The Morgan fingerprint density at radius 2 is 1.90 bits per heavy atom. The Labute approximate surface area is 175 Å². The minimum absolute atomic E-state index is 0.0266. The number of nitrogens with one attached hydrogen (secondary N) is 1. The molecule has 0 fully saturated rings. The molecular formula is C24H21N3O3. The highest BCUT2D eigenvalue weighted by Gasteiger charge is 2.11. The van der Waals surface area contributed by atoms with E-state index in [0.29, 0.717) is 36.0 Å². The molecule has 0 saturated carbocycles. The number of carbonyl (C=O) groups excluding carboxylic acids is 1. The third-order valence-electron chi connectivity index (χ3n) is 4.12. The van der Waals surface area contributed by atoms with Gasteiger partial charge in [-0.15, -0.1) is 0 Å².